The molecule has 0 spiro atoms. The second-order valence-electron chi connectivity index (χ2n) is 7.64. The number of pyridine rings is 1. The number of hydrogen-bond acceptors (Lipinski definition) is 6. The molecule has 0 atom stereocenters. The second kappa shape index (κ2) is 11.3. The zero-order chi connectivity index (χ0) is 24.8. The summed E-state index contributed by atoms with van der Waals surface area (Å²) < 4.78 is 11.5. The summed E-state index contributed by atoms with van der Waals surface area (Å²) in [5.74, 6) is 1.56. The van der Waals surface area contributed by atoms with E-state index in [0.717, 1.165) is 16.8 Å². The van der Waals surface area contributed by atoms with E-state index in [9.17, 15) is 4.79 Å². The SMILES string of the molecule is C=CCN1C(=O)/C(=C/c2ccc(OCc3ccccc3Cl)c(OC)c2)S/C1=N/c1cccc(C)n1. The Labute approximate surface area is 213 Å². The maximum absolute atomic E-state index is 13.1. The van der Waals surface area contributed by atoms with Crippen LogP contribution in [0.1, 0.15) is 16.8 Å². The minimum absolute atomic E-state index is 0.140. The smallest absolute Gasteiger partial charge is 0.267 e. The summed E-state index contributed by atoms with van der Waals surface area (Å²) in [6.07, 6.45) is 3.49. The molecule has 4 rings (SSSR count). The van der Waals surface area contributed by atoms with Gasteiger partial charge >= 0.3 is 0 Å². The predicted octanol–water partition coefficient (Wildman–Crippen LogP) is 6.42. The minimum Gasteiger partial charge on any atom is -0.493 e. The average molecular weight is 506 g/mol. The van der Waals surface area contributed by atoms with E-state index >= 15 is 0 Å². The number of carbonyl (C=O) groups excluding carboxylic acids is 1. The maximum atomic E-state index is 13.1. The first-order valence-corrected chi connectivity index (χ1v) is 12.1. The van der Waals surface area contributed by atoms with Crippen molar-refractivity contribution in [3.05, 3.63) is 100 Å². The Kier molecular flexibility index (Phi) is 7.90. The van der Waals surface area contributed by atoms with Crippen molar-refractivity contribution in [1.82, 2.24) is 9.88 Å². The molecule has 0 saturated carbocycles. The number of carbonyl (C=O) groups is 1. The number of aliphatic imine (C=N–C) groups is 1. The Morgan fingerprint density at radius 2 is 1.97 bits per heavy atom. The van der Waals surface area contributed by atoms with Crippen LogP contribution in [0.15, 0.2) is 83.2 Å². The van der Waals surface area contributed by atoms with Gasteiger partial charge in [0.25, 0.3) is 5.91 Å². The van der Waals surface area contributed by atoms with Gasteiger partial charge in [0.05, 0.1) is 12.0 Å². The van der Waals surface area contributed by atoms with Gasteiger partial charge in [-0.15, -0.1) is 6.58 Å². The third kappa shape index (κ3) is 5.93. The molecule has 2 aromatic carbocycles. The number of aromatic nitrogens is 1. The van der Waals surface area contributed by atoms with E-state index < -0.39 is 0 Å². The van der Waals surface area contributed by atoms with Gasteiger partial charge in [0.15, 0.2) is 22.5 Å². The van der Waals surface area contributed by atoms with Crippen LogP contribution in [0, 0.1) is 6.92 Å². The van der Waals surface area contributed by atoms with Gasteiger partial charge in [-0.05, 0) is 60.7 Å². The third-order valence-electron chi connectivity index (χ3n) is 5.11. The number of thioether (sulfide) groups is 1. The van der Waals surface area contributed by atoms with Crippen molar-refractivity contribution in [2.45, 2.75) is 13.5 Å². The molecule has 6 nitrogen and oxygen atoms in total. The van der Waals surface area contributed by atoms with Crippen LogP contribution in [0.5, 0.6) is 11.5 Å². The van der Waals surface area contributed by atoms with E-state index in [-0.39, 0.29) is 5.91 Å². The van der Waals surface area contributed by atoms with Crippen molar-refractivity contribution >= 4 is 46.3 Å². The molecule has 1 fully saturated rings. The van der Waals surface area contributed by atoms with E-state index in [1.165, 1.54) is 11.8 Å². The van der Waals surface area contributed by atoms with E-state index in [1.807, 2.05) is 73.7 Å². The quantitative estimate of drug-likeness (QED) is 0.261. The monoisotopic (exact) mass is 505 g/mol. The molecule has 1 amide bonds. The minimum atomic E-state index is -0.140. The van der Waals surface area contributed by atoms with Crippen LogP contribution in [0.4, 0.5) is 5.82 Å². The molecule has 35 heavy (non-hydrogen) atoms. The third-order valence-corrected chi connectivity index (χ3v) is 6.49. The van der Waals surface area contributed by atoms with Gasteiger partial charge in [0.1, 0.15) is 6.61 Å². The van der Waals surface area contributed by atoms with Crippen molar-refractivity contribution in [1.29, 1.82) is 0 Å². The molecular formula is C27H24ClN3O3S. The van der Waals surface area contributed by atoms with Crippen LogP contribution in [0.25, 0.3) is 6.08 Å². The Balaban J connectivity index is 1.57. The fraction of sp³-hybridized carbons (Fsp3) is 0.148. The summed E-state index contributed by atoms with van der Waals surface area (Å²) in [6, 6.07) is 18.7. The lowest BCUT2D eigenvalue weighted by molar-refractivity contribution is -0.121. The molecule has 1 aromatic heterocycles. The van der Waals surface area contributed by atoms with Gasteiger partial charge in [-0.1, -0.05) is 48.0 Å². The number of hydrogen-bond donors (Lipinski definition) is 0. The molecule has 0 radical (unpaired) electrons. The number of nitrogens with zero attached hydrogens (tertiary/aromatic N) is 3. The molecular weight excluding hydrogens is 482 g/mol. The largest absolute Gasteiger partial charge is 0.493 e. The average Bonchev–Trinajstić information content (AvgIpc) is 3.13. The van der Waals surface area contributed by atoms with Crippen molar-refractivity contribution in [2.75, 3.05) is 13.7 Å². The topological polar surface area (TPSA) is 64.0 Å². The van der Waals surface area contributed by atoms with E-state index in [2.05, 4.69) is 16.6 Å². The van der Waals surface area contributed by atoms with Crippen molar-refractivity contribution in [2.24, 2.45) is 4.99 Å². The van der Waals surface area contributed by atoms with E-state index in [0.29, 0.717) is 45.6 Å². The Hall–Kier alpha value is -3.55. The molecule has 0 bridgehead atoms. The molecule has 0 aliphatic carbocycles. The van der Waals surface area contributed by atoms with Crippen LogP contribution < -0.4 is 9.47 Å². The highest BCUT2D eigenvalue weighted by Crippen LogP contribution is 2.36. The van der Waals surface area contributed by atoms with Crippen molar-refractivity contribution in [3.63, 3.8) is 0 Å². The van der Waals surface area contributed by atoms with Gasteiger partial charge in [-0.3, -0.25) is 9.69 Å². The molecule has 8 heteroatoms. The van der Waals surface area contributed by atoms with Crippen molar-refractivity contribution in [3.8, 4) is 11.5 Å². The summed E-state index contributed by atoms with van der Waals surface area (Å²) in [5, 5.41) is 1.21. The number of ether oxygens (including phenoxy) is 2. The highest BCUT2D eigenvalue weighted by atomic mass is 35.5. The normalized spacial score (nSPS) is 15.6. The van der Waals surface area contributed by atoms with Crippen LogP contribution in [-0.2, 0) is 11.4 Å². The van der Waals surface area contributed by atoms with E-state index in [4.69, 9.17) is 21.1 Å². The Morgan fingerprint density at radius 3 is 2.71 bits per heavy atom. The number of amidine groups is 1. The lowest BCUT2D eigenvalue weighted by Crippen LogP contribution is -2.29. The van der Waals surface area contributed by atoms with Gasteiger partial charge in [-0.25, -0.2) is 9.98 Å². The molecule has 0 unspecified atom stereocenters. The van der Waals surface area contributed by atoms with Crippen LogP contribution >= 0.6 is 23.4 Å². The second-order valence-corrected chi connectivity index (χ2v) is 9.05. The summed E-state index contributed by atoms with van der Waals surface area (Å²) in [4.78, 5) is 24.3. The summed E-state index contributed by atoms with van der Waals surface area (Å²) in [5.41, 5.74) is 2.54. The molecule has 2 heterocycles. The Bertz CT molecular complexity index is 1320. The summed E-state index contributed by atoms with van der Waals surface area (Å²) >= 11 is 7.53. The van der Waals surface area contributed by atoms with Gasteiger partial charge in [0.2, 0.25) is 0 Å². The zero-order valence-electron chi connectivity index (χ0n) is 19.4. The molecule has 1 aliphatic heterocycles. The first-order chi connectivity index (χ1) is 17.0. The van der Waals surface area contributed by atoms with Crippen LogP contribution in [0.3, 0.4) is 0 Å². The van der Waals surface area contributed by atoms with Gasteiger partial charge < -0.3 is 9.47 Å². The first-order valence-electron chi connectivity index (χ1n) is 10.9. The Morgan fingerprint density at radius 1 is 1.14 bits per heavy atom. The number of amides is 1. The first kappa shape index (κ1) is 24.6. The fourth-order valence-electron chi connectivity index (χ4n) is 3.39. The fourth-order valence-corrected chi connectivity index (χ4v) is 4.57. The maximum Gasteiger partial charge on any atom is 0.267 e. The number of aryl methyl sites for hydroxylation is 1. The van der Waals surface area contributed by atoms with Crippen molar-refractivity contribution < 1.29 is 14.3 Å². The number of halogens is 1. The highest BCUT2D eigenvalue weighted by Gasteiger charge is 2.32. The number of methoxy groups -OCH3 is 1. The van der Waals surface area contributed by atoms with Gasteiger partial charge in [-0.2, -0.15) is 0 Å². The molecule has 0 N–H and O–H groups in total. The number of rotatable bonds is 8. The molecule has 1 saturated heterocycles. The lowest BCUT2D eigenvalue weighted by atomic mass is 10.1. The van der Waals surface area contributed by atoms with Gasteiger partial charge in [0, 0.05) is 22.8 Å². The molecule has 1 aliphatic rings. The van der Waals surface area contributed by atoms with Crippen LogP contribution in [-0.4, -0.2) is 34.6 Å². The standard InChI is InChI=1S/C27H24ClN3O3S/c1-4-14-31-26(32)24(35-27(31)30-25-11-7-8-18(2)29-25)16-19-12-13-22(23(15-19)33-3)34-17-20-9-5-6-10-21(20)28/h4-13,15-16H,1,14,17H2,2-3H3/b24-16-,30-27+. The number of benzene rings is 2. The predicted molar refractivity (Wildman–Crippen MR) is 142 cm³/mol. The molecule has 178 valence electrons. The molecule has 3 aromatic rings. The lowest BCUT2D eigenvalue weighted by Gasteiger charge is -2.12. The van der Waals surface area contributed by atoms with Crippen LogP contribution in [0.2, 0.25) is 5.02 Å². The zero-order valence-corrected chi connectivity index (χ0v) is 21.0. The highest BCUT2D eigenvalue weighted by molar-refractivity contribution is 8.18. The van der Waals surface area contributed by atoms with E-state index in [1.54, 1.807) is 18.1 Å². The summed E-state index contributed by atoms with van der Waals surface area (Å²) in [7, 11) is 1.58. The summed E-state index contributed by atoms with van der Waals surface area (Å²) in [6.45, 7) is 6.34.